The van der Waals surface area contributed by atoms with Crippen molar-refractivity contribution in [3.05, 3.63) is 77.4 Å². The van der Waals surface area contributed by atoms with E-state index in [1.54, 1.807) is 0 Å². The quantitative estimate of drug-likeness (QED) is 0.697. The predicted molar refractivity (Wildman–Crippen MR) is 119 cm³/mol. The number of ether oxygens (including phenoxy) is 6. The van der Waals surface area contributed by atoms with Gasteiger partial charge < -0.3 is 28.4 Å². The molecule has 0 aromatic heterocycles. The Labute approximate surface area is 189 Å². The van der Waals surface area contributed by atoms with Crippen LogP contribution in [0.15, 0.2) is 60.7 Å². The standard InChI is InChI=1S/C26H30O6/c1-18-9-11-20(12-10-18)15-27-24-23-21(16-28-26(24)17-29-25(2,3)32-26)30-22(31-23)14-13-19-7-5-4-6-8-19/h4-14,21-24H,15-17H2,1-3H3/b14-13+/t21-,22-,23-,24+,26+/m1/s1. The first-order valence-corrected chi connectivity index (χ1v) is 11.1. The predicted octanol–water partition coefficient (Wildman–Crippen LogP) is 4.21. The van der Waals surface area contributed by atoms with Crippen LogP contribution in [0.5, 0.6) is 0 Å². The van der Waals surface area contributed by atoms with Crippen LogP contribution in [-0.2, 0) is 35.0 Å². The summed E-state index contributed by atoms with van der Waals surface area (Å²) in [5.74, 6) is -1.79. The Morgan fingerprint density at radius 3 is 2.50 bits per heavy atom. The maximum atomic E-state index is 6.41. The lowest BCUT2D eigenvalue weighted by Gasteiger charge is -2.43. The lowest BCUT2D eigenvalue weighted by molar-refractivity contribution is -0.335. The smallest absolute Gasteiger partial charge is 0.224 e. The summed E-state index contributed by atoms with van der Waals surface area (Å²) in [7, 11) is 0. The van der Waals surface area contributed by atoms with E-state index in [4.69, 9.17) is 28.4 Å². The highest BCUT2D eigenvalue weighted by Crippen LogP contribution is 2.43. The molecule has 170 valence electrons. The van der Waals surface area contributed by atoms with Crippen molar-refractivity contribution in [3.63, 3.8) is 0 Å². The van der Waals surface area contributed by atoms with Crippen molar-refractivity contribution in [2.75, 3.05) is 13.2 Å². The summed E-state index contributed by atoms with van der Waals surface area (Å²) >= 11 is 0. The van der Waals surface area contributed by atoms with Crippen LogP contribution in [0.1, 0.15) is 30.5 Å². The van der Waals surface area contributed by atoms with Crippen LogP contribution >= 0.6 is 0 Å². The summed E-state index contributed by atoms with van der Waals surface area (Å²) in [4.78, 5) is 0. The van der Waals surface area contributed by atoms with Crippen LogP contribution in [-0.4, -0.2) is 49.4 Å². The highest BCUT2D eigenvalue weighted by Gasteiger charge is 2.62. The lowest BCUT2D eigenvalue weighted by atomic mass is 9.97. The molecule has 2 aromatic rings. The van der Waals surface area contributed by atoms with Gasteiger partial charge in [0.2, 0.25) is 5.79 Å². The zero-order valence-electron chi connectivity index (χ0n) is 18.7. The van der Waals surface area contributed by atoms with Gasteiger partial charge in [0.25, 0.3) is 0 Å². The van der Waals surface area contributed by atoms with E-state index >= 15 is 0 Å². The largest absolute Gasteiger partial charge is 0.365 e. The first-order chi connectivity index (χ1) is 15.4. The van der Waals surface area contributed by atoms with Gasteiger partial charge in [0.15, 0.2) is 12.1 Å². The minimum absolute atomic E-state index is 0.249. The molecule has 0 unspecified atom stereocenters. The molecule has 0 aliphatic carbocycles. The van der Waals surface area contributed by atoms with Crippen LogP contribution in [0.25, 0.3) is 6.08 Å². The number of hydrogen-bond acceptors (Lipinski definition) is 6. The van der Waals surface area contributed by atoms with Gasteiger partial charge >= 0.3 is 0 Å². The molecule has 0 radical (unpaired) electrons. The summed E-state index contributed by atoms with van der Waals surface area (Å²) in [6.45, 7) is 6.87. The van der Waals surface area contributed by atoms with Gasteiger partial charge in [-0.2, -0.15) is 0 Å². The fourth-order valence-electron chi connectivity index (χ4n) is 4.38. The Morgan fingerprint density at radius 2 is 1.78 bits per heavy atom. The molecule has 5 atom stereocenters. The topological polar surface area (TPSA) is 55.4 Å². The first-order valence-electron chi connectivity index (χ1n) is 11.1. The maximum absolute atomic E-state index is 6.41. The Balaban J connectivity index is 1.34. The monoisotopic (exact) mass is 438 g/mol. The van der Waals surface area contributed by atoms with Gasteiger partial charge in [-0.05, 0) is 38.0 Å². The van der Waals surface area contributed by atoms with Gasteiger partial charge in [0, 0.05) is 0 Å². The molecule has 32 heavy (non-hydrogen) atoms. The average Bonchev–Trinajstić information content (AvgIpc) is 3.34. The Morgan fingerprint density at radius 1 is 1.00 bits per heavy atom. The minimum atomic E-state index is -1.03. The van der Waals surface area contributed by atoms with E-state index in [2.05, 4.69) is 31.2 Å². The highest BCUT2D eigenvalue weighted by atomic mass is 16.9. The van der Waals surface area contributed by atoms with Crippen molar-refractivity contribution >= 4 is 6.08 Å². The van der Waals surface area contributed by atoms with Crippen LogP contribution in [0.4, 0.5) is 0 Å². The molecule has 0 bridgehead atoms. The zero-order valence-corrected chi connectivity index (χ0v) is 18.7. The number of fused-ring (bicyclic) bond motifs is 1. The van der Waals surface area contributed by atoms with Gasteiger partial charge in [-0.1, -0.05) is 66.2 Å². The Bertz CT molecular complexity index is 941. The van der Waals surface area contributed by atoms with Crippen molar-refractivity contribution in [1.82, 2.24) is 0 Å². The molecule has 3 aliphatic rings. The van der Waals surface area contributed by atoms with E-state index in [9.17, 15) is 0 Å². The molecule has 3 fully saturated rings. The fraction of sp³-hybridized carbons (Fsp3) is 0.462. The summed E-state index contributed by atoms with van der Waals surface area (Å²) < 4.78 is 37.2. The van der Waals surface area contributed by atoms with Crippen LogP contribution in [0.2, 0.25) is 0 Å². The van der Waals surface area contributed by atoms with E-state index in [1.165, 1.54) is 5.56 Å². The summed E-state index contributed by atoms with van der Waals surface area (Å²) in [6.07, 6.45) is 2.36. The number of hydrogen-bond donors (Lipinski definition) is 0. The molecule has 1 spiro atoms. The maximum Gasteiger partial charge on any atom is 0.224 e. The van der Waals surface area contributed by atoms with Crippen molar-refractivity contribution in [1.29, 1.82) is 0 Å². The van der Waals surface area contributed by atoms with Gasteiger partial charge in [-0.25, -0.2) is 0 Å². The SMILES string of the molecule is Cc1ccc(CO[C@H]2[C@@H]3O[C@H](/C=C/c4ccccc4)O[C@@H]3CO[C@]23COC(C)(C)O3)cc1. The van der Waals surface area contributed by atoms with Crippen molar-refractivity contribution in [3.8, 4) is 0 Å². The van der Waals surface area contributed by atoms with Gasteiger partial charge in [-0.3, -0.25) is 0 Å². The van der Waals surface area contributed by atoms with Crippen molar-refractivity contribution in [2.24, 2.45) is 0 Å². The summed E-state index contributed by atoms with van der Waals surface area (Å²) in [5, 5.41) is 0. The van der Waals surface area contributed by atoms with E-state index < -0.39 is 24.0 Å². The van der Waals surface area contributed by atoms with Crippen molar-refractivity contribution in [2.45, 2.75) is 63.6 Å². The molecule has 0 amide bonds. The Kier molecular flexibility index (Phi) is 5.92. The van der Waals surface area contributed by atoms with E-state index in [0.717, 1.165) is 11.1 Å². The molecule has 0 saturated carbocycles. The van der Waals surface area contributed by atoms with E-state index in [0.29, 0.717) is 13.2 Å². The third kappa shape index (κ3) is 4.53. The second kappa shape index (κ2) is 8.71. The molecule has 0 N–H and O–H groups in total. The molecular weight excluding hydrogens is 408 g/mol. The molecule has 6 heteroatoms. The third-order valence-electron chi connectivity index (χ3n) is 6.03. The zero-order chi connectivity index (χ0) is 22.2. The average molecular weight is 439 g/mol. The lowest BCUT2D eigenvalue weighted by Crippen LogP contribution is -2.62. The van der Waals surface area contributed by atoms with E-state index in [1.807, 2.05) is 56.3 Å². The number of rotatable bonds is 5. The molecule has 3 heterocycles. The highest BCUT2D eigenvalue weighted by molar-refractivity contribution is 5.49. The normalized spacial score (nSPS) is 33.7. The van der Waals surface area contributed by atoms with Crippen LogP contribution < -0.4 is 0 Å². The van der Waals surface area contributed by atoms with Gasteiger partial charge in [-0.15, -0.1) is 0 Å². The molecule has 2 aromatic carbocycles. The van der Waals surface area contributed by atoms with Crippen molar-refractivity contribution < 1.29 is 28.4 Å². The molecule has 3 saturated heterocycles. The van der Waals surface area contributed by atoms with Crippen LogP contribution in [0.3, 0.4) is 0 Å². The second-order valence-corrected chi connectivity index (χ2v) is 9.04. The minimum Gasteiger partial charge on any atom is -0.365 e. The number of benzene rings is 2. The third-order valence-corrected chi connectivity index (χ3v) is 6.03. The first kappa shape index (κ1) is 21.8. The van der Waals surface area contributed by atoms with E-state index in [-0.39, 0.29) is 18.8 Å². The summed E-state index contributed by atoms with van der Waals surface area (Å²) in [5.41, 5.74) is 3.37. The fourth-order valence-corrected chi connectivity index (χ4v) is 4.38. The number of aryl methyl sites for hydroxylation is 1. The van der Waals surface area contributed by atoms with Gasteiger partial charge in [0.05, 0.1) is 13.2 Å². The second-order valence-electron chi connectivity index (χ2n) is 9.04. The molecule has 3 aliphatic heterocycles. The van der Waals surface area contributed by atoms with Crippen LogP contribution in [0, 0.1) is 6.92 Å². The molecule has 5 rings (SSSR count). The molecule has 6 nitrogen and oxygen atoms in total. The summed E-state index contributed by atoms with van der Waals surface area (Å²) in [6, 6.07) is 18.4. The molecular formula is C26H30O6. The van der Waals surface area contributed by atoms with Gasteiger partial charge in [0.1, 0.15) is 24.9 Å². The Hall–Kier alpha value is -2.06.